The smallest absolute Gasteiger partial charge is 0.261 e. The van der Waals surface area contributed by atoms with Crippen molar-refractivity contribution in [2.24, 2.45) is 7.05 Å². The van der Waals surface area contributed by atoms with Crippen molar-refractivity contribution in [2.75, 3.05) is 5.32 Å². The van der Waals surface area contributed by atoms with Crippen LogP contribution >= 0.6 is 0 Å². The molecule has 0 saturated carbocycles. The van der Waals surface area contributed by atoms with Gasteiger partial charge in [0, 0.05) is 37.2 Å². The fourth-order valence-corrected chi connectivity index (χ4v) is 2.93. The molecule has 0 spiro atoms. The summed E-state index contributed by atoms with van der Waals surface area (Å²) in [6.45, 7) is 6.84. The van der Waals surface area contributed by atoms with Crippen LogP contribution in [-0.2, 0) is 13.6 Å². The van der Waals surface area contributed by atoms with E-state index in [2.05, 4.69) is 21.8 Å². The fraction of sp³-hybridized carbons (Fsp3) is 0.316. The summed E-state index contributed by atoms with van der Waals surface area (Å²) in [7, 11) is 1.81. The van der Waals surface area contributed by atoms with Gasteiger partial charge in [-0.05, 0) is 38.5 Å². The van der Waals surface area contributed by atoms with Crippen molar-refractivity contribution in [3.8, 4) is 0 Å². The lowest BCUT2D eigenvalue weighted by atomic mass is 10.2. The second-order valence-corrected chi connectivity index (χ2v) is 6.27. The van der Waals surface area contributed by atoms with Crippen molar-refractivity contribution in [3.05, 3.63) is 57.8 Å². The summed E-state index contributed by atoms with van der Waals surface area (Å²) in [6, 6.07) is 7.10. The number of nitrogens with one attached hydrogen (secondary N) is 1. The fourth-order valence-electron chi connectivity index (χ4n) is 2.93. The second-order valence-electron chi connectivity index (χ2n) is 6.27. The number of fused-ring (bicyclic) bond motifs is 1. The average molecular weight is 338 g/mol. The van der Waals surface area contributed by atoms with Crippen molar-refractivity contribution >= 4 is 22.6 Å². The molecule has 0 aliphatic rings. The van der Waals surface area contributed by atoms with Crippen LogP contribution in [0.25, 0.3) is 11.0 Å². The topological polar surface area (TPSA) is 68.9 Å². The number of rotatable bonds is 4. The van der Waals surface area contributed by atoms with E-state index >= 15 is 0 Å². The molecule has 25 heavy (non-hydrogen) atoms. The zero-order valence-corrected chi connectivity index (χ0v) is 15.0. The molecule has 1 amide bonds. The number of benzene rings is 1. The molecule has 0 aliphatic carbocycles. The van der Waals surface area contributed by atoms with E-state index in [1.54, 1.807) is 17.8 Å². The number of amides is 1. The Balaban J connectivity index is 1.92. The average Bonchev–Trinajstić information content (AvgIpc) is 2.86. The van der Waals surface area contributed by atoms with Crippen LogP contribution in [-0.4, -0.2) is 20.0 Å². The predicted molar refractivity (Wildman–Crippen MR) is 99.1 cm³/mol. The summed E-state index contributed by atoms with van der Waals surface area (Å²) in [5, 5.41) is 2.80. The number of nitrogens with zero attached hydrogens (tertiary/aromatic N) is 3. The summed E-state index contributed by atoms with van der Waals surface area (Å²) in [6.07, 6.45) is 2.59. The highest BCUT2D eigenvalue weighted by molar-refractivity contribution is 6.04. The van der Waals surface area contributed by atoms with E-state index in [0.29, 0.717) is 5.69 Å². The first-order chi connectivity index (χ1) is 11.9. The monoisotopic (exact) mass is 338 g/mol. The van der Waals surface area contributed by atoms with Gasteiger partial charge in [-0.15, -0.1) is 0 Å². The number of aromatic nitrogens is 3. The highest BCUT2D eigenvalue weighted by atomic mass is 16.2. The van der Waals surface area contributed by atoms with Crippen LogP contribution in [0.2, 0.25) is 0 Å². The van der Waals surface area contributed by atoms with Crippen LogP contribution < -0.4 is 10.7 Å². The molecule has 1 N–H and O–H groups in total. The van der Waals surface area contributed by atoms with Crippen molar-refractivity contribution in [1.29, 1.82) is 0 Å². The minimum atomic E-state index is -0.412. The van der Waals surface area contributed by atoms with Crippen LogP contribution in [0.4, 0.5) is 5.69 Å². The van der Waals surface area contributed by atoms with E-state index in [1.807, 2.05) is 32.0 Å². The number of carbonyl (C=O) groups excluding carboxylic acids is 1. The number of aryl methyl sites for hydroxylation is 4. The predicted octanol–water partition coefficient (Wildman–Crippen LogP) is 3.01. The number of pyridine rings is 1. The zero-order valence-electron chi connectivity index (χ0n) is 15.0. The minimum Gasteiger partial charge on any atom is -0.354 e. The zero-order chi connectivity index (χ0) is 18.1. The lowest BCUT2D eigenvalue weighted by molar-refractivity contribution is 0.102. The number of anilines is 1. The van der Waals surface area contributed by atoms with Crippen molar-refractivity contribution < 1.29 is 4.79 Å². The SMILES string of the molecule is CCCn1c(C)nc2cc(NC(=O)c3cn(C)c(C)cc3=O)ccc21. The molecule has 0 aliphatic heterocycles. The molecule has 6 nitrogen and oxygen atoms in total. The van der Waals surface area contributed by atoms with Crippen LogP contribution in [0.1, 0.15) is 35.2 Å². The van der Waals surface area contributed by atoms with Crippen LogP contribution in [0.15, 0.2) is 35.3 Å². The molecule has 0 fully saturated rings. The first-order valence-corrected chi connectivity index (χ1v) is 8.36. The maximum absolute atomic E-state index is 12.5. The van der Waals surface area contributed by atoms with Gasteiger partial charge in [-0.3, -0.25) is 9.59 Å². The summed E-state index contributed by atoms with van der Waals surface area (Å²) in [5.74, 6) is 0.539. The van der Waals surface area contributed by atoms with E-state index < -0.39 is 5.91 Å². The van der Waals surface area contributed by atoms with Gasteiger partial charge in [-0.25, -0.2) is 4.98 Å². The van der Waals surface area contributed by atoms with E-state index in [0.717, 1.165) is 35.5 Å². The Morgan fingerprint density at radius 2 is 2.00 bits per heavy atom. The van der Waals surface area contributed by atoms with E-state index in [1.165, 1.54) is 6.07 Å². The molecule has 3 aromatic rings. The van der Waals surface area contributed by atoms with Crippen molar-refractivity contribution in [1.82, 2.24) is 14.1 Å². The Labute approximate surface area is 146 Å². The quantitative estimate of drug-likeness (QED) is 0.795. The Morgan fingerprint density at radius 3 is 2.72 bits per heavy atom. The molecule has 0 saturated heterocycles. The number of carbonyl (C=O) groups is 1. The standard InChI is InChI=1S/C19H22N4O2/c1-5-8-23-13(3)20-16-10-14(6-7-17(16)23)21-19(25)15-11-22(4)12(2)9-18(15)24/h6-7,9-11H,5,8H2,1-4H3,(H,21,25). The molecule has 130 valence electrons. The third-order valence-corrected chi connectivity index (χ3v) is 4.37. The molecule has 1 aromatic carbocycles. The van der Waals surface area contributed by atoms with Gasteiger partial charge >= 0.3 is 0 Å². The van der Waals surface area contributed by atoms with Gasteiger partial charge in [0.1, 0.15) is 11.4 Å². The molecular weight excluding hydrogens is 316 g/mol. The minimum absolute atomic E-state index is 0.126. The van der Waals surface area contributed by atoms with Crippen molar-refractivity contribution in [3.63, 3.8) is 0 Å². The highest BCUT2D eigenvalue weighted by Gasteiger charge is 2.13. The largest absolute Gasteiger partial charge is 0.354 e. The summed E-state index contributed by atoms with van der Waals surface area (Å²) < 4.78 is 3.92. The summed E-state index contributed by atoms with van der Waals surface area (Å²) in [5.41, 5.74) is 3.16. The normalized spacial score (nSPS) is 11.0. The molecule has 0 bridgehead atoms. The molecular formula is C19H22N4O2. The van der Waals surface area contributed by atoms with Crippen LogP contribution in [0.5, 0.6) is 0 Å². The Hall–Kier alpha value is -2.89. The van der Waals surface area contributed by atoms with Crippen LogP contribution in [0.3, 0.4) is 0 Å². The number of imidazole rings is 1. The van der Waals surface area contributed by atoms with Gasteiger partial charge in [0.25, 0.3) is 5.91 Å². The lowest BCUT2D eigenvalue weighted by Crippen LogP contribution is -2.23. The van der Waals surface area contributed by atoms with E-state index in [4.69, 9.17) is 0 Å². The van der Waals surface area contributed by atoms with Gasteiger partial charge in [-0.1, -0.05) is 6.92 Å². The van der Waals surface area contributed by atoms with Gasteiger partial charge in [0.2, 0.25) is 0 Å². The Kier molecular flexibility index (Phi) is 4.44. The van der Waals surface area contributed by atoms with Gasteiger partial charge in [0.15, 0.2) is 5.43 Å². The molecule has 0 atom stereocenters. The molecule has 0 radical (unpaired) electrons. The van der Waals surface area contributed by atoms with Crippen molar-refractivity contribution in [2.45, 2.75) is 33.7 Å². The second kappa shape index (κ2) is 6.55. The summed E-state index contributed by atoms with van der Waals surface area (Å²) >= 11 is 0. The van der Waals surface area contributed by atoms with E-state index in [9.17, 15) is 9.59 Å². The van der Waals surface area contributed by atoms with E-state index in [-0.39, 0.29) is 11.0 Å². The Morgan fingerprint density at radius 1 is 1.24 bits per heavy atom. The van der Waals surface area contributed by atoms with Gasteiger partial charge in [-0.2, -0.15) is 0 Å². The first-order valence-electron chi connectivity index (χ1n) is 8.36. The van der Waals surface area contributed by atoms with Gasteiger partial charge in [0.05, 0.1) is 11.0 Å². The maximum Gasteiger partial charge on any atom is 0.261 e. The molecule has 3 rings (SSSR count). The maximum atomic E-state index is 12.5. The van der Waals surface area contributed by atoms with Gasteiger partial charge < -0.3 is 14.5 Å². The lowest BCUT2D eigenvalue weighted by Gasteiger charge is -2.09. The first kappa shape index (κ1) is 17.0. The Bertz CT molecular complexity index is 1010. The third-order valence-electron chi connectivity index (χ3n) is 4.37. The molecule has 6 heteroatoms. The highest BCUT2D eigenvalue weighted by Crippen LogP contribution is 2.21. The van der Waals surface area contributed by atoms with Crippen LogP contribution in [0, 0.1) is 13.8 Å². The molecule has 0 unspecified atom stereocenters. The molecule has 2 aromatic heterocycles. The third kappa shape index (κ3) is 3.20. The summed E-state index contributed by atoms with van der Waals surface area (Å²) in [4.78, 5) is 29.1. The number of hydrogen-bond acceptors (Lipinski definition) is 3. The number of hydrogen-bond donors (Lipinski definition) is 1. The molecule has 2 heterocycles.